The number of rotatable bonds is 6. The minimum absolute atomic E-state index is 0.0360. The van der Waals surface area contributed by atoms with E-state index in [1.54, 1.807) is 12.1 Å². The zero-order chi connectivity index (χ0) is 18.4. The SMILES string of the molecule is Cc1ccc(C(=O)/C=C\Nc2ccc(S(=O)(=O)N=C(N)N)cc2)cc1. The summed E-state index contributed by atoms with van der Waals surface area (Å²) in [6.45, 7) is 1.95. The number of carbonyl (C=O) groups excluding carboxylic acids is 1. The molecular weight excluding hydrogens is 340 g/mol. The Labute approximate surface area is 146 Å². The minimum Gasteiger partial charge on any atom is -0.369 e. The molecule has 0 saturated heterocycles. The minimum atomic E-state index is -3.91. The third-order valence-corrected chi connectivity index (χ3v) is 4.52. The second kappa shape index (κ2) is 7.63. The van der Waals surface area contributed by atoms with E-state index in [1.807, 2.05) is 19.1 Å². The van der Waals surface area contributed by atoms with Crippen molar-refractivity contribution in [3.8, 4) is 0 Å². The smallest absolute Gasteiger partial charge is 0.285 e. The van der Waals surface area contributed by atoms with Crippen LogP contribution in [0.15, 0.2) is 70.1 Å². The molecule has 2 aromatic rings. The van der Waals surface area contributed by atoms with Crippen LogP contribution >= 0.6 is 0 Å². The van der Waals surface area contributed by atoms with Crippen LogP contribution in [-0.4, -0.2) is 20.2 Å². The Balaban J connectivity index is 2.03. The number of benzene rings is 2. The van der Waals surface area contributed by atoms with Gasteiger partial charge in [0.25, 0.3) is 10.0 Å². The number of carbonyl (C=O) groups is 1. The largest absolute Gasteiger partial charge is 0.369 e. The van der Waals surface area contributed by atoms with Crippen molar-refractivity contribution in [1.82, 2.24) is 0 Å². The fourth-order valence-electron chi connectivity index (χ4n) is 1.94. The van der Waals surface area contributed by atoms with Gasteiger partial charge in [-0.3, -0.25) is 4.79 Å². The molecule has 0 fully saturated rings. The molecule has 0 bridgehead atoms. The number of nitrogens with zero attached hydrogens (tertiary/aromatic N) is 1. The summed E-state index contributed by atoms with van der Waals surface area (Å²) in [4.78, 5) is 12.0. The number of nitrogens with one attached hydrogen (secondary N) is 1. The van der Waals surface area contributed by atoms with E-state index >= 15 is 0 Å². The first-order valence-electron chi connectivity index (χ1n) is 7.28. The van der Waals surface area contributed by atoms with Gasteiger partial charge >= 0.3 is 0 Å². The van der Waals surface area contributed by atoms with Crippen LogP contribution in [-0.2, 0) is 10.0 Å². The van der Waals surface area contributed by atoms with Crippen molar-refractivity contribution in [3.63, 3.8) is 0 Å². The van der Waals surface area contributed by atoms with Crippen LogP contribution in [0.1, 0.15) is 15.9 Å². The van der Waals surface area contributed by atoms with Gasteiger partial charge in [-0.05, 0) is 31.2 Å². The molecule has 0 saturated carbocycles. The molecule has 0 aliphatic carbocycles. The lowest BCUT2D eigenvalue weighted by molar-refractivity contribution is 0.104. The fourth-order valence-corrected chi connectivity index (χ4v) is 2.81. The zero-order valence-electron chi connectivity index (χ0n) is 13.5. The van der Waals surface area contributed by atoms with E-state index in [0.29, 0.717) is 11.3 Å². The van der Waals surface area contributed by atoms with E-state index in [1.165, 1.54) is 36.5 Å². The van der Waals surface area contributed by atoms with Crippen molar-refractivity contribution in [2.75, 3.05) is 5.32 Å². The topological polar surface area (TPSA) is 128 Å². The van der Waals surface area contributed by atoms with Gasteiger partial charge in [0.2, 0.25) is 5.96 Å². The van der Waals surface area contributed by atoms with Gasteiger partial charge < -0.3 is 16.8 Å². The first kappa shape index (κ1) is 18.2. The maximum absolute atomic E-state index is 12.0. The number of ketones is 1. The molecule has 130 valence electrons. The van der Waals surface area contributed by atoms with Gasteiger partial charge in [0.05, 0.1) is 4.90 Å². The Morgan fingerprint density at radius 2 is 1.64 bits per heavy atom. The number of hydrogen-bond acceptors (Lipinski definition) is 4. The molecule has 0 amide bonds. The number of allylic oxidation sites excluding steroid dienone is 1. The lowest BCUT2D eigenvalue weighted by Crippen LogP contribution is -2.24. The molecule has 0 unspecified atom stereocenters. The van der Waals surface area contributed by atoms with E-state index in [4.69, 9.17) is 11.5 Å². The van der Waals surface area contributed by atoms with Crippen LogP contribution in [0.3, 0.4) is 0 Å². The zero-order valence-corrected chi connectivity index (χ0v) is 14.3. The second-order valence-electron chi connectivity index (χ2n) is 5.22. The quantitative estimate of drug-likeness (QED) is 0.312. The summed E-state index contributed by atoms with van der Waals surface area (Å²) in [5.74, 6) is -0.667. The predicted octanol–water partition coefficient (Wildman–Crippen LogP) is 1.77. The Morgan fingerprint density at radius 1 is 1.04 bits per heavy atom. The standard InChI is InChI=1S/C17H18N4O3S/c1-12-2-4-13(5-3-12)16(22)10-11-20-14-6-8-15(9-7-14)25(23,24)21-17(18)19/h2-11,20H,1H3,(H4,18,19,21)/b11-10-. The fraction of sp³-hybridized carbons (Fsp3) is 0.0588. The summed E-state index contributed by atoms with van der Waals surface area (Å²) in [6.07, 6.45) is 2.89. The molecule has 25 heavy (non-hydrogen) atoms. The van der Waals surface area contributed by atoms with Gasteiger partial charge in [0, 0.05) is 23.5 Å². The summed E-state index contributed by atoms with van der Waals surface area (Å²) in [5.41, 5.74) is 12.5. The van der Waals surface area contributed by atoms with Crippen LogP contribution in [0.4, 0.5) is 5.69 Å². The van der Waals surface area contributed by atoms with E-state index in [-0.39, 0.29) is 10.7 Å². The normalized spacial score (nSPS) is 11.2. The summed E-state index contributed by atoms with van der Waals surface area (Å²) >= 11 is 0. The summed E-state index contributed by atoms with van der Waals surface area (Å²) in [5, 5.41) is 2.89. The van der Waals surface area contributed by atoms with Crippen molar-refractivity contribution in [2.45, 2.75) is 11.8 Å². The Hall–Kier alpha value is -3.13. The van der Waals surface area contributed by atoms with Gasteiger partial charge in [-0.25, -0.2) is 0 Å². The van der Waals surface area contributed by atoms with E-state index in [2.05, 4.69) is 9.71 Å². The van der Waals surface area contributed by atoms with E-state index in [0.717, 1.165) is 5.56 Å². The Bertz CT molecular complexity index is 911. The molecule has 2 aromatic carbocycles. The summed E-state index contributed by atoms with van der Waals surface area (Å²) in [6, 6.07) is 13.0. The molecule has 8 heteroatoms. The third kappa shape index (κ3) is 5.18. The van der Waals surface area contributed by atoms with Gasteiger partial charge in [0.15, 0.2) is 5.78 Å². The Kier molecular flexibility index (Phi) is 5.56. The number of aryl methyl sites for hydroxylation is 1. The molecule has 0 aliphatic rings. The molecular formula is C17H18N4O3S. The number of anilines is 1. The third-order valence-electron chi connectivity index (χ3n) is 3.20. The highest BCUT2D eigenvalue weighted by Crippen LogP contribution is 2.16. The van der Waals surface area contributed by atoms with Crippen molar-refractivity contribution in [2.24, 2.45) is 15.9 Å². The average molecular weight is 358 g/mol. The second-order valence-corrected chi connectivity index (χ2v) is 6.83. The lowest BCUT2D eigenvalue weighted by atomic mass is 10.1. The van der Waals surface area contributed by atoms with Gasteiger partial charge in [-0.15, -0.1) is 4.40 Å². The van der Waals surface area contributed by atoms with Crippen LogP contribution in [0, 0.1) is 6.92 Å². The van der Waals surface area contributed by atoms with Crippen LogP contribution in [0.25, 0.3) is 0 Å². The predicted molar refractivity (Wildman–Crippen MR) is 97.7 cm³/mol. The van der Waals surface area contributed by atoms with Crippen molar-refractivity contribution < 1.29 is 13.2 Å². The highest BCUT2D eigenvalue weighted by molar-refractivity contribution is 7.90. The Morgan fingerprint density at radius 3 is 2.20 bits per heavy atom. The van der Waals surface area contributed by atoms with Gasteiger partial charge in [-0.1, -0.05) is 29.8 Å². The number of sulfonamides is 1. The number of nitrogens with two attached hydrogens (primary N) is 2. The van der Waals surface area contributed by atoms with E-state index in [9.17, 15) is 13.2 Å². The van der Waals surface area contributed by atoms with Crippen LogP contribution in [0.5, 0.6) is 0 Å². The highest BCUT2D eigenvalue weighted by atomic mass is 32.2. The first-order valence-corrected chi connectivity index (χ1v) is 8.72. The number of hydrogen-bond donors (Lipinski definition) is 3. The molecule has 0 spiro atoms. The lowest BCUT2D eigenvalue weighted by Gasteiger charge is -2.03. The monoisotopic (exact) mass is 358 g/mol. The molecule has 0 atom stereocenters. The molecule has 0 radical (unpaired) electrons. The summed E-state index contributed by atoms with van der Waals surface area (Å²) in [7, 11) is -3.91. The van der Waals surface area contributed by atoms with Crippen molar-refractivity contribution in [3.05, 3.63) is 71.9 Å². The molecule has 0 heterocycles. The average Bonchev–Trinajstić information content (AvgIpc) is 2.54. The van der Waals surface area contributed by atoms with Crippen LogP contribution < -0.4 is 16.8 Å². The highest BCUT2D eigenvalue weighted by Gasteiger charge is 2.12. The molecule has 0 aliphatic heterocycles. The molecule has 0 aromatic heterocycles. The maximum atomic E-state index is 12.0. The first-order chi connectivity index (χ1) is 11.8. The van der Waals surface area contributed by atoms with E-state index < -0.39 is 16.0 Å². The van der Waals surface area contributed by atoms with Crippen molar-refractivity contribution in [1.29, 1.82) is 0 Å². The summed E-state index contributed by atoms with van der Waals surface area (Å²) < 4.78 is 26.8. The number of guanidine groups is 1. The van der Waals surface area contributed by atoms with Crippen molar-refractivity contribution >= 4 is 27.5 Å². The molecule has 5 N–H and O–H groups in total. The molecule has 7 nitrogen and oxygen atoms in total. The maximum Gasteiger partial charge on any atom is 0.285 e. The van der Waals surface area contributed by atoms with Gasteiger partial charge in [-0.2, -0.15) is 8.42 Å². The molecule has 2 rings (SSSR count). The van der Waals surface area contributed by atoms with Gasteiger partial charge in [0.1, 0.15) is 0 Å². The van der Waals surface area contributed by atoms with Crippen LogP contribution in [0.2, 0.25) is 0 Å².